The van der Waals surface area contributed by atoms with Crippen LogP contribution in [0, 0.1) is 11.8 Å². The molecule has 1 aromatic rings. The van der Waals surface area contributed by atoms with Crippen LogP contribution in [0.25, 0.3) is 0 Å². The van der Waals surface area contributed by atoms with Crippen molar-refractivity contribution in [2.75, 3.05) is 6.54 Å². The van der Waals surface area contributed by atoms with Crippen molar-refractivity contribution < 1.29 is 0 Å². The van der Waals surface area contributed by atoms with Crippen LogP contribution in [-0.4, -0.2) is 12.6 Å². The first-order valence-corrected chi connectivity index (χ1v) is 7.49. The van der Waals surface area contributed by atoms with E-state index in [1.807, 2.05) is 18.2 Å². The quantitative estimate of drug-likeness (QED) is 0.808. The first kappa shape index (κ1) is 14.2. The SMILES string of the molecule is CC(CNC1CC1)C(C)Cc1c(Cl)cccc1Cl. The smallest absolute Gasteiger partial charge is 0.0452 e. The van der Waals surface area contributed by atoms with Crippen LogP contribution in [0.15, 0.2) is 18.2 Å². The first-order valence-electron chi connectivity index (χ1n) is 6.74. The Morgan fingerprint density at radius 3 is 2.33 bits per heavy atom. The molecule has 2 atom stereocenters. The summed E-state index contributed by atoms with van der Waals surface area (Å²) in [5.74, 6) is 1.21. The Bertz CT molecular complexity index is 381. The average molecular weight is 286 g/mol. The molecule has 0 heterocycles. The van der Waals surface area contributed by atoms with E-state index in [0.29, 0.717) is 11.8 Å². The van der Waals surface area contributed by atoms with Crippen LogP contribution < -0.4 is 5.32 Å². The fraction of sp³-hybridized carbons (Fsp3) is 0.600. The largest absolute Gasteiger partial charge is 0.314 e. The van der Waals surface area contributed by atoms with Gasteiger partial charge in [-0.3, -0.25) is 0 Å². The molecule has 2 rings (SSSR count). The molecule has 0 aromatic heterocycles. The molecule has 0 radical (unpaired) electrons. The summed E-state index contributed by atoms with van der Waals surface area (Å²) in [5, 5.41) is 5.16. The Kier molecular flexibility index (Phi) is 4.94. The van der Waals surface area contributed by atoms with Gasteiger partial charge in [0, 0.05) is 16.1 Å². The summed E-state index contributed by atoms with van der Waals surface area (Å²) in [6.07, 6.45) is 3.64. The molecular formula is C15H21Cl2N. The van der Waals surface area contributed by atoms with Crippen LogP contribution >= 0.6 is 23.2 Å². The highest BCUT2D eigenvalue weighted by molar-refractivity contribution is 6.35. The Labute approximate surface area is 120 Å². The van der Waals surface area contributed by atoms with Crippen LogP contribution in [0.1, 0.15) is 32.3 Å². The van der Waals surface area contributed by atoms with E-state index < -0.39 is 0 Å². The van der Waals surface area contributed by atoms with Crippen molar-refractivity contribution >= 4 is 23.2 Å². The number of nitrogens with one attached hydrogen (secondary N) is 1. The molecule has 1 aliphatic rings. The van der Waals surface area contributed by atoms with E-state index in [9.17, 15) is 0 Å². The number of rotatable bonds is 6. The minimum Gasteiger partial charge on any atom is -0.314 e. The molecule has 1 saturated carbocycles. The lowest BCUT2D eigenvalue weighted by atomic mass is 9.89. The summed E-state index contributed by atoms with van der Waals surface area (Å²) in [6.45, 7) is 5.66. The summed E-state index contributed by atoms with van der Waals surface area (Å²) < 4.78 is 0. The standard InChI is InChI=1S/C15H21Cl2N/c1-10(11(2)9-18-12-6-7-12)8-13-14(16)4-3-5-15(13)17/h3-5,10-12,18H,6-9H2,1-2H3. The molecule has 1 N–H and O–H groups in total. The van der Waals surface area contributed by atoms with Gasteiger partial charge in [-0.05, 0) is 55.3 Å². The number of hydrogen-bond donors (Lipinski definition) is 1. The second-order valence-electron chi connectivity index (χ2n) is 5.54. The van der Waals surface area contributed by atoms with E-state index in [0.717, 1.165) is 34.6 Å². The highest BCUT2D eigenvalue weighted by atomic mass is 35.5. The van der Waals surface area contributed by atoms with Crippen LogP contribution in [0.4, 0.5) is 0 Å². The predicted octanol–water partition coefficient (Wildman–Crippen LogP) is 4.56. The van der Waals surface area contributed by atoms with Gasteiger partial charge < -0.3 is 5.32 Å². The highest BCUT2D eigenvalue weighted by Gasteiger charge is 2.22. The van der Waals surface area contributed by atoms with Crippen molar-refractivity contribution in [3.05, 3.63) is 33.8 Å². The molecule has 1 nitrogen and oxygen atoms in total. The summed E-state index contributed by atoms with van der Waals surface area (Å²) in [4.78, 5) is 0. The molecule has 1 aliphatic carbocycles. The van der Waals surface area contributed by atoms with Crippen LogP contribution in [0.5, 0.6) is 0 Å². The normalized spacial score (nSPS) is 18.7. The lowest BCUT2D eigenvalue weighted by molar-refractivity contribution is 0.364. The molecule has 0 bridgehead atoms. The van der Waals surface area contributed by atoms with Gasteiger partial charge in [-0.1, -0.05) is 43.1 Å². The molecule has 3 heteroatoms. The fourth-order valence-corrected chi connectivity index (χ4v) is 2.64. The topological polar surface area (TPSA) is 12.0 Å². The molecule has 18 heavy (non-hydrogen) atoms. The maximum atomic E-state index is 6.22. The van der Waals surface area contributed by atoms with E-state index in [2.05, 4.69) is 19.2 Å². The zero-order valence-corrected chi connectivity index (χ0v) is 12.6. The lowest BCUT2D eigenvalue weighted by Gasteiger charge is -2.21. The van der Waals surface area contributed by atoms with Gasteiger partial charge in [0.15, 0.2) is 0 Å². The maximum Gasteiger partial charge on any atom is 0.0452 e. The summed E-state index contributed by atoms with van der Waals surface area (Å²) in [5.41, 5.74) is 1.09. The minimum absolute atomic E-state index is 0.577. The molecule has 0 spiro atoms. The molecule has 0 aliphatic heterocycles. The zero-order valence-electron chi connectivity index (χ0n) is 11.0. The Morgan fingerprint density at radius 2 is 1.78 bits per heavy atom. The third kappa shape index (κ3) is 3.88. The second-order valence-corrected chi connectivity index (χ2v) is 6.36. The van der Waals surface area contributed by atoms with E-state index >= 15 is 0 Å². The van der Waals surface area contributed by atoms with Gasteiger partial charge in [-0.2, -0.15) is 0 Å². The molecule has 1 fully saturated rings. The first-order chi connectivity index (χ1) is 8.58. The van der Waals surface area contributed by atoms with Crippen molar-refractivity contribution in [3.63, 3.8) is 0 Å². The summed E-state index contributed by atoms with van der Waals surface area (Å²) >= 11 is 12.4. The van der Waals surface area contributed by atoms with Gasteiger partial charge in [0.1, 0.15) is 0 Å². The van der Waals surface area contributed by atoms with Gasteiger partial charge in [0.05, 0.1) is 0 Å². The number of benzene rings is 1. The Hall–Kier alpha value is -0.240. The molecule has 1 aromatic carbocycles. The predicted molar refractivity (Wildman–Crippen MR) is 79.5 cm³/mol. The fourth-order valence-electron chi connectivity index (χ4n) is 2.09. The molecule has 0 saturated heterocycles. The number of hydrogen-bond acceptors (Lipinski definition) is 1. The van der Waals surface area contributed by atoms with Crippen LogP contribution in [-0.2, 0) is 6.42 Å². The van der Waals surface area contributed by atoms with Gasteiger partial charge in [-0.25, -0.2) is 0 Å². The monoisotopic (exact) mass is 285 g/mol. The average Bonchev–Trinajstić information content (AvgIpc) is 3.14. The van der Waals surface area contributed by atoms with E-state index in [1.54, 1.807) is 0 Å². The third-order valence-electron chi connectivity index (χ3n) is 3.87. The zero-order chi connectivity index (χ0) is 13.1. The minimum atomic E-state index is 0.577. The molecule has 0 amide bonds. The van der Waals surface area contributed by atoms with E-state index in [4.69, 9.17) is 23.2 Å². The van der Waals surface area contributed by atoms with Gasteiger partial charge in [0.25, 0.3) is 0 Å². The Balaban J connectivity index is 1.90. The molecule has 100 valence electrons. The molecular weight excluding hydrogens is 265 g/mol. The van der Waals surface area contributed by atoms with E-state index in [1.165, 1.54) is 12.8 Å². The van der Waals surface area contributed by atoms with Crippen molar-refractivity contribution in [3.8, 4) is 0 Å². The van der Waals surface area contributed by atoms with Crippen molar-refractivity contribution in [2.24, 2.45) is 11.8 Å². The maximum absolute atomic E-state index is 6.22. The van der Waals surface area contributed by atoms with Crippen molar-refractivity contribution in [2.45, 2.75) is 39.2 Å². The van der Waals surface area contributed by atoms with Crippen LogP contribution in [0.2, 0.25) is 10.0 Å². The Morgan fingerprint density at radius 1 is 1.17 bits per heavy atom. The third-order valence-corrected chi connectivity index (χ3v) is 4.57. The second kappa shape index (κ2) is 6.27. The van der Waals surface area contributed by atoms with E-state index in [-0.39, 0.29) is 0 Å². The van der Waals surface area contributed by atoms with Gasteiger partial charge in [-0.15, -0.1) is 0 Å². The lowest BCUT2D eigenvalue weighted by Crippen LogP contribution is -2.27. The number of halogens is 2. The molecule has 2 unspecified atom stereocenters. The van der Waals surface area contributed by atoms with Gasteiger partial charge in [0.2, 0.25) is 0 Å². The highest BCUT2D eigenvalue weighted by Crippen LogP contribution is 2.29. The summed E-state index contributed by atoms with van der Waals surface area (Å²) in [6, 6.07) is 6.52. The van der Waals surface area contributed by atoms with Crippen LogP contribution in [0.3, 0.4) is 0 Å². The summed E-state index contributed by atoms with van der Waals surface area (Å²) in [7, 11) is 0. The van der Waals surface area contributed by atoms with Crippen molar-refractivity contribution in [1.82, 2.24) is 5.32 Å². The van der Waals surface area contributed by atoms with Crippen molar-refractivity contribution in [1.29, 1.82) is 0 Å². The van der Waals surface area contributed by atoms with Gasteiger partial charge >= 0.3 is 0 Å².